The molecule has 1 aromatic heterocycles. The third-order valence-electron chi connectivity index (χ3n) is 2.51. The van der Waals surface area contributed by atoms with Crippen LogP contribution in [0.4, 0.5) is 0 Å². The summed E-state index contributed by atoms with van der Waals surface area (Å²) in [6.45, 7) is 3.89. The number of furan rings is 1. The van der Waals surface area contributed by atoms with Crippen LogP contribution in [0.3, 0.4) is 0 Å². The summed E-state index contributed by atoms with van der Waals surface area (Å²) in [5.74, 6) is 1.47. The number of rotatable bonds is 4. The number of aryl methyl sites for hydroxylation is 2. The number of carbonyl (C=O) groups excluding carboxylic acids is 1. The normalized spacial score (nSPS) is 10.5. The molecule has 0 unspecified atom stereocenters. The van der Waals surface area contributed by atoms with Crippen LogP contribution in [0.1, 0.15) is 21.7 Å². The minimum Gasteiger partial charge on any atom is -0.468 e. The molecule has 0 saturated carbocycles. The van der Waals surface area contributed by atoms with E-state index in [1.165, 1.54) is 11.8 Å². The lowest BCUT2D eigenvalue weighted by atomic mass is 10.1. The molecule has 2 rings (SSSR count). The predicted octanol–water partition coefficient (Wildman–Crippen LogP) is 3.87. The summed E-state index contributed by atoms with van der Waals surface area (Å²) in [5.41, 5.74) is 1.89. The Hall–Kier alpha value is -1.48. The molecule has 0 bridgehead atoms. The van der Waals surface area contributed by atoms with Crippen molar-refractivity contribution in [3.05, 3.63) is 53.5 Å². The van der Waals surface area contributed by atoms with Gasteiger partial charge in [0.1, 0.15) is 5.76 Å². The minimum absolute atomic E-state index is 0.152. The van der Waals surface area contributed by atoms with Gasteiger partial charge in [-0.3, -0.25) is 4.79 Å². The van der Waals surface area contributed by atoms with Crippen LogP contribution in [-0.4, -0.2) is 11.5 Å². The maximum absolute atomic E-state index is 12.0. The highest BCUT2D eigenvalue weighted by Crippen LogP contribution is 2.23. The van der Waals surface area contributed by atoms with Crippen molar-refractivity contribution < 1.29 is 9.21 Å². The van der Waals surface area contributed by atoms with Gasteiger partial charge in [-0.25, -0.2) is 0 Å². The smallest absolute Gasteiger partial charge is 0.173 e. The first-order valence-corrected chi connectivity index (χ1v) is 6.42. The molecule has 0 spiro atoms. The van der Waals surface area contributed by atoms with Crippen molar-refractivity contribution in [2.45, 2.75) is 18.7 Å². The van der Waals surface area contributed by atoms with Gasteiger partial charge < -0.3 is 4.42 Å². The van der Waals surface area contributed by atoms with Gasteiger partial charge in [0.15, 0.2) is 5.78 Å². The van der Waals surface area contributed by atoms with Crippen LogP contribution < -0.4 is 0 Å². The molecular weight excluding hydrogens is 232 g/mol. The molecule has 3 heteroatoms. The number of hydrogen-bond acceptors (Lipinski definition) is 3. The third-order valence-corrected chi connectivity index (χ3v) is 3.65. The van der Waals surface area contributed by atoms with E-state index in [4.69, 9.17) is 4.42 Å². The van der Waals surface area contributed by atoms with Crippen LogP contribution in [0.2, 0.25) is 0 Å². The van der Waals surface area contributed by atoms with Crippen molar-refractivity contribution in [2.75, 3.05) is 5.75 Å². The monoisotopic (exact) mass is 246 g/mol. The molecular formula is C14H14O2S. The fourth-order valence-corrected chi connectivity index (χ4v) is 2.42. The lowest BCUT2D eigenvalue weighted by Crippen LogP contribution is -2.02. The van der Waals surface area contributed by atoms with Gasteiger partial charge in [-0.2, -0.15) is 0 Å². The molecule has 17 heavy (non-hydrogen) atoms. The third kappa shape index (κ3) is 3.01. The van der Waals surface area contributed by atoms with Gasteiger partial charge >= 0.3 is 0 Å². The first kappa shape index (κ1) is 12.0. The molecule has 0 amide bonds. The highest BCUT2D eigenvalue weighted by atomic mass is 32.2. The second-order valence-corrected chi connectivity index (χ2v) is 4.94. The van der Waals surface area contributed by atoms with Crippen molar-refractivity contribution in [3.8, 4) is 0 Å². The van der Waals surface area contributed by atoms with Crippen LogP contribution in [0.5, 0.6) is 0 Å². The standard InChI is InChI=1S/C14H14O2S/c1-10-4-3-5-12(8-10)13(15)9-17-14-6-7-16-11(14)2/h3-8H,9H2,1-2H3. The molecule has 0 N–H and O–H groups in total. The van der Waals surface area contributed by atoms with E-state index in [1.54, 1.807) is 6.26 Å². The van der Waals surface area contributed by atoms with Crippen LogP contribution in [0.25, 0.3) is 0 Å². The van der Waals surface area contributed by atoms with E-state index in [0.29, 0.717) is 5.75 Å². The SMILES string of the molecule is Cc1cccc(C(=O)CSc2ccoc2C)c1. The molecule has 2 aromatic rings. The van der Waals surface area contributed by atoms with Gasteiger partial charge in [-0.1, -0.05) is 23.8 Å². The van der Waals surface area contributed by atoms with Crippen LogP contribution in [-0.2, 0) is 0 Å². The van der Waals surface area contributed by atoms with Gasteiger partial charge in [-0.15, -0.1) is 11.8 Å². The summed E-state index contributed by atoms with van der Waals surface area (Å²) in [6.07, 6.45) is 1.65. The van der Waals surface area contributed by atoms with Crippen molar-refractivity contribution in [3.63, 3.8) is 0 Å². The van der Waals surface area contributed by atoms with Crippen molar-refractivity contribution in [2.24, 2.45) is 0 Å². The molecule has 0 atom stereocenters. The molecule has 0 saturated heterocycles. The zero-order chi connectivity index (χ0) is 12.3. The number of ketones is 1. The lowest BCUT2D eigenvalue weighted by Gasteiger charge is -2.01. The number of hydrogen-bond donors (Lipinski definition) is 0. The molecule has 2 nitrogen and oxygen atoms in total. The molecule has 88 valence electrons. The average molecular weight is 246 g/mol. The Kier molecular flexibility index (Phi) is 3.69. The highest BCUT2D eigenvalue weighted by Gasteiger charge is 2.08. The maximum atomic E-state index is 12.0. The number of Topliss-reactive ketones (excluding diaryl/α,β-unsaturated/α-hetero) is 1. The quantitative estimate of drug-likeness (QED) is 0.606. The van der Waals surface area contributed by atoms with Crippen LogP contribution in [0, 0.1) is 13.8 Å². The number of carbonyl (C=O) groups is 1. The summed E-state index contributed by atoms with van der Waals surface area (Å²) in [6, 6.07) is 9.58. The molecule has 1 aromatic carbocycles. The van der Waals surface area contributed by atoms with E-state index in [2.05, 4.69) is 0 Å². The Morgan fingerprint density at radius 3 is 2.76 bits per heavy atom. The molecule has 1 heterocycles. The van der Waals surface area contributed by atoms with Gasteiger partial charge in [0.25, 0.3) is 0 Å². The first-order chi connectivity index (χ1) is 8.16. The van der Waals surface area contributed by atoms with E-state index in [1.807, 2.05) is 44.2 Å². The Morgan fingerprint density at radius 1 is 1.29 bits per heavy atom. The summed E-state index contributed by atoms with van der Waals surface area (Å²) < 4.78 is 5.19. The van der Waals surface area contributed by atoms with Gasteiger partial charge in [0, 0.05) is 10.5 Å². The van der Waals surface area contributed by atoms with Crippen LogP contribution in [0.15, 0.2) is 45.9 Å². The number of benzene rings is 1. The Bertz CT molecular complexity index is 529. The highest BCUT2D eigenvalue weighted by molar-refractivity contribution is 8.00. The molecule has 0 fully saturated rings. The Labute approximate surface area is 105 Å². The Balaban J connectivity index is 2.01. The molecule has 0 radical (unpaired) electrons. The summed E-state index contributed by atoms with van der Waals surface area (Å²) in [4.78, 5) is 13.0. The van der Waals surface area contributed by atoms with E-state index >= 15 is 0 Å². The number of thioether (sulfide) groups is 1. The van der Waals surface area contributed by atoms with E-state index in [9.17, 15) is 4.79 Å². The topological polar surface area (TPSA) is 30.2 Å². The fourth-order valence-electron chi connectivity index (χ4n) is 1.57. The fraction of sp³-hybridized carbons (Fsp3) is 0.214. The Morgan fingerprint density at radius 2 is 2.12 bits per heavy atom. The molecule has 0 aliphatic rings. The van der Waals surface area contributed by atoms with Gasteiger partial charge in [0.2, 0.25) is 0 Å². The van der Waals surface area contributed by atoms with Crippen LogP contribution >= 0.6 is 11.8 Å². The van der Waals surface area contributed by atoms with Gasteiger partial charge in [-0.05, 0) is 26.0 Å². The molecule has 0 aliphatic heterocycles. The van der Waals surface area contributed by atoms with Crippen molar-refractivity contribution >= 4 is 17.5 Å². The van der Waals surface area contributed by atoms with Crippen molar-refractivity contribution in [1.29, 1.82) is 0 Å². The summed E-state index contributed by atoms with van der Waals surface area (Å²) >= 11 is 1.52. The zero-order valence-corrected chi connectivity index (χ0v) is 10.7. The zero-order valence-electron chi connectivity index (χ0n) is 9.90. The largest absolute Gasteiger partial charge is 0.468 e. The lowest BCUT2D eigenvalue weighted by molar-refractivity contribution is 0.102. The van der Waals surface area contributed by atoms with Gasteiger partial charge in [0.05, 0.1) is 12.0 Å². The molecule has 0 aliphatic carbocycles. The summed E-state index contributed by atoms with van der Waals surface area (Å²) in [7, 11) is 0. The minimum atomic E-state index is 0.152. The average Bonchev–Trinajstić information content (AvgIpc) is 2.72. The van der Waals surface area contributed by atoms with E-state index in [0.717, 1.165) is 21.8 Å². The van der Waals surface area contributed by atoms with Crippen molar-refractivity contribution in [1.82, 2.24) is 0 Å². The predicted molar refractivity (Wildman–Crippen MR) is 69.7 cm³/mol. The second kappa shape index (κ2) is 5.23. The second-order valence-electron chi connectivity index (χ2n) is 3.92. The summed E-state index contributed by atoms with van der Waals surface area (Å²) in [5, 5.41) is 0. The maximum Gasteiger partial charge on any atom is 0.173 e. The van der Waals surface area contributed by atoms with E-state index in [-0.39, 0.29) is 5.78 Å². The van der Waals surface area contributed by atoms with E-state index < -0.39 is 0 Å². The first-order valence-electron chi connectivity index (χ1n) is 5.43.